The van der Waals surface area contributed by atoms with Gasteiger partial charge in [-0.05, 0) is 37.3 Å². The molecule has 0 aliphatic heterocycles. The molecule has 0 aliphatic carbocycles. The molecule has 1 heterocycles. The van der Waals surface area contributed by atoms with Crippen LogP contribution in [-0.2, 0) is 4.79 Å². The van der Waals surface area contributed by atoms with E-state index in [9.17, 15) is 9.18 Å². The van der Waals surface area contributed by atoms with Crippen molar-refractivity contribution in [2.75, 3.05) is 5.32 Å². The summed E-state index contributed by atoms with van der Waals surface area (Å²) in [6.07, 6.45) is 3.11. The molecule has 0 saturated carbocycles. The Morgan fingerprint density at radius 2 is 1.89 bits per heavy atom. The minimum atomic E-state index is -0.325. The Kier molecular flexibility index (Phi) is 4.46. The SMILES string of the molecule is CC(Sc1ccc(F)cc1)C(=O)Nc1ncccn1. The first-order chi connectivity index (χ1) is 9.15. The average Bonchev–Trinajstić information content (AvgIpc) is 2.42. The van der Waals surface area contributed by atoms with Crippen LogP contribution < -0.4 is 5.32 Å². The van der Waals surface area contributed by atoms with Gasteiger partial charge in [0.1, 0.15) is 5.82 Å². The predicted octanol–water partition coefficient (Wildman–Crippen LogP) is 2.74. The van der Waals surface area contributed by atoms with E-state index < -0.39 is 0 Å². The quantitative estimate of drug-likeness (QED) is 0.873. The van der Waals surface area contributed by atoms with Gasteiger partial charge >= 0.3 is 0 Å². The molecule has 1 unspecified atom stereocenters. The zero-order valence-corrected chi connectivity index (χ0v) is 11.0. The number of carbonyl (C=O) groups is 1. The first-order valence-corrected chi connectivity index (χ1v) is 6.53. The van der Waals surface area contributed by atoms with Crippen molar-refractivity contribution in [3.05, 3.63) is 48.5 Å². The second-order valence-corrected chi connectivity index (χ2v) is 5.19. The number of hydrogen-bond donors (Lipinski definition) is 1. The minimum absolute atomic E-state index is 0.194. The maximum Gasteiger partial charge on any atom is 0.239 e. The molecule has 2 rings (SSSR count). The van der Waals surface area contributed by atoms with E-state index in [4.69, 9.17) is 0 Å². The molecule has 0 saturated heterocycles. The number of benzene rings is 1. The summed E-state index contributed by atoms with van der Waals surface area (Å²) in [6.45, 7) is 1.77. The molecule has 1 N–H and O–H groups in total. The molecule has 1 atom stereocenters. The van der Waals surface area contributed by atoms with E-state index in [1.54, 1.807) is 37.5 Å². The summed E-state index contributed by atoms with van der Waals surface area (Å²) < 4.78 is 12.8. The third-order valence-electron chi connectivity index (χ3n) is 2.30. The molecule has 0 bridgehead atoms. The van der Waals surface area contributed by atoms with Gasteiger partial charge in [-0.3, -0.25) is 10.1 Å². The van der Waals surface area contributed by atoms with Gasteiger partial charge in [-0.1, -0.05) is 0 Å². The van der Waals surface area contributed by atoms with Gasteiger partial charge in [-0.25, -0.2) is 14.4 Å². The van der Waals surface area contributed by atoms with Gasteiger partial charge in [0, 0.05) is 17.3 Å². The van der Waals surface area contributed by atoms with Crippen LogP contribution in [0, 0.1) is 5.82 Å². The fourth-order valence-corrected chi connectivity index (χ4v) is 2.21. The van der Waals surface area contributed by atoms with Crippen molar-refractivity contribution in [1.29, 1.82) is 0 Å². The zero-order chi connectivity index (χ0) is 13.7. The molecule has 19 heavy (non-hydrogen) atoms. The monoisotopic (exact) mass is 277 g/mol. The van der Waals surface area contributed by atoms with Crippen molar-refractivity contribution < 1.29 is 9.18 Å². The maximum atomic E-state index is 12.8. The molecule has 1 amide bonds. The molecule has 6 heteroatoms. The third-order valence-corrected chi connectivity index (χ3v) is 3.41. The van der Waals surface area contributed by atoms with Crippen LogP contribution in [0.3, 0.4) is 0 Å². The highest BCUT2D eigenvalue weighted by molar-refractivity contribution is 8.00. The Labute approximate surface area is 114 Å². The van der Waals surface area contributed by atoms with Crippen molar-refractivity contribution in [2.45, 2.75) is 17.1 Å². The van der Waals surface area contributed by atoms with Crippen LogP contribution in [-0.4, -0.2) is 21.1 Å². The van der Waals surface area contributed by atoms with E-state index in [2.05, 4.69) is 15.3 Å². The van der Waals surface area contributed by atoms with Crippen LogP contribution in [0.15, 0.2) is 47.6 Å². The highest BCUT2D eigenvalue weighted by atomic mass is 32.2. The molecular weight excluding hydrogens is 265 g/mol. The Morgan fingerprint density at radius 1 is 1.26 bits per heavy atom. The molecular formula is C13H12FN3OS. The van der Waals surface area contributed by atoms with E-state index in [0.29, 0.717) is 0 Å². The number of amides is 1. The fraction of sp³-hybridized carbons (Fsp3) is 0.154. The Hall–Kier alpha value is -1.95. The summed E-state index contributed by atoms with van der Waals surface area (Å²) in [6, 6.07) is 7.69. The Balaban J connectivity index is 1.94. The normalized spacial score (nSPS) is 11.9. The van der Waals surface area contributed by atoms with E-state index >= 15 is 0 Å². The van der Waals surface area contributed by atoms with Crippen LogP contribution in [0.4, 0.5) is 10.3 Å². The van der Waals surface area contributed by atoms with E-state index in [0.717, 1.165) is 4.90 Å². The smallest absolute Gasteiger partial charge is 0.239 e. The standard InChI is InChI=1S/C13H12FN3OS/c1-9(19-11-5-3-10(14)4-6-11)12(18)17-13-15-7-2-8-16-13/h2-9H,1H3,(H,15,16,17,18). The largest absolute Gasteiger partial charge is 0.294 e. The lowest BCUT2D eigenvalue weighted by Gasteiger charge is -2.10. The second-order valence-electron chi connectivity index (χ2n) is 3.78. The number of nitrogens with zero attached hydrogens (tertiary/aromatic N) is 2. The number of rotatable bonds is 4. The molecule has 1 aromatic heterocycles. The van der Waals surface area contributed by atoms with Crippen molar-refractivity contribution in [1.82, 2.24) is 9.97 Å². The molecule has 98 valence electrons. The lowest BCUT2D eigenvalue weighted by atomic mass is 10.3. The zero-order valence-electron chi connectivity index (χ0n) is 10.2. The summed E-state index contributed by atoms with van der Waals surface area (Å²) in [5.41, 5.74) is 0. The molecule has 2 aromatic rings. The summed E-state index contributed by atoms with van der Waals surface area (Å²) in [5, 5.41) is 2.29. The van der Waals surface area contributed by atoms with E-state index in [1.807, 2.05) is 0 Å². The lowest BCUT2D eigenvalue weighted by molar-refractivity contribution is -0.115. The molecule has 0 aliphatic rings. The van der Waals surface area contributed by atoms with Gasteiger partial charge in [0.05, 0.1) is 5.25 Å². The third kappa shape index (κ3) is 4.03. The first kappa shape index (κ1) is 13.5. The van der Waals surface area contributed by atoms with Gasteiger partial charge in [-0.2, -0.15) is 0 Å². The predicted molar refractivity (Wildman–Crippen MR) is 72.4 cm³/mol. The molecule has 0 spiro atoms. The molecule has 1 aromatic carbocycles. The average molecular weight is 277 g/mol. The number of hydrogen-bond acceptors (Lipinski definition) is 4. The van der Waals surface area contributed by atoms with Crippen LogP contribution in [0.25, 0.3) is 0 Å². The van der Waals surface area contributed by atoms with Gasteiger partial charge in [0.2, 0.25) is 11.9 Å². The summed E-state index contributed by atoms with van der Waals surface area (Å²) in [7, 11) is 0. The Bertz CT molecular complexity index is 548. The van der Waals surface area contributed by atoms with Gasteiger partial charge in [0.25, 0.3) is 0 Å². The Morgan fingerprint density at radius 3 is 2.53 bits per heavy atom. The molecule has 0 fully saturated rings. The number of anilines is 1. The number of aromatic nitrogens is 2. The van der Waals surface area contributed by atoms with Crippen LogP contribution >= 0.6 is 11.8 Å². The lowest BCUT2D eigenvalue weighted by Crippen LogP contribution is -2.23. The van der Waals surface area contributed by atoms with Crippen molar-refractivity contribution in [2.24, 2.45) is 0 Å². The van der Waals surface area contributed by atoms with Crippen LogP contribution in [0.5, 0.6) is 0 Å². The number of carbonyl (C=O) groups excluding carboxylic acids is 1. The first-order valence-electron chi connectivity index (χ1n) is 5.65. The minimum Gasteiger partial charge on any atom is -0.294 e. The molecule has 0 radical (unpaired) electrons. The van der Waals surface area contributed by atoms with Gasteiger partial charge in [0.15, 0.2) is 0 Å². The highest BCUT2D eigenvalue weighted by Crippen LogP contribution is 2.23. The fourth-order valence-electron chi connectivity index (χ4n) is 1.35. The van der Waals surface area contributed by atoms with Crippen molar-refractivity contribution in [3.8, 4) is 0 Å². The number of thioether (sulfide) groups is 1. The summed E-state index contributed by atoms with van der Waals surface area (Å²) in [5.74, 6) is -0.210. The second kappa shape index (κ2) is 6.29. The van der Waals surface area contributed by atoms with Crippen molar-refractivity contribution in [3.63, 3.8) is 0 Å². The van der Waals surface area contributed by atoms with Crippen LogP contribution in [0.2, 0.25) is 0 Å². The van der Waals surface area contributed by atoms with Crippen molar-refractivity contribution >= 4 is 23.6 Å². The topological polar surface area (TPSA) is 54.9 Å². The summed E-state index contributed by atoms with van der Waals surface area (Å²) >= 11 is 1.35. The van der Waals surface area contributed by atoms with Crippen LogP contribution in [0.1, 0.15) is 6.92 Å². The number of nitrogens with one attached hydrogen (secondary N) is 1. The van der Waals surface area contributed by atoms with E-state index in [1.165, 1.54) is 23.9 Å². The van der Waals surface area contributed by atoms with E-state index in [-0.39, 0.29) is 22.9 Å². The molecule has 4 nitrogen and oxygen atoms in total. The maximum absolute atomic E-state index is 12.8. The van der Waals surface area contributed by atoms with Gasteiger partial charge in [-0.15, -0.1) is 11.8 Å². The van der Waals surface area contributed by atoms with Gasteiger partial charge < -0.3 is 0 Å². The summed E-state index contributed by atoms with van der Waals surface area (Å²) in [4.78, 5) is 20.6. The highest BCUT2D eigenvalue weighted by Gasteiger charge is 2.15. The number of halogens is 1.